The quantitative estimate of drug-likeness (QED) is 0.397. The molecule has 0 N–H and O–H groups in total. The lowest BCUT2D eigenvalue weighted by atomic mass is 10.1. The van der Waals surface area contributed by atoms with Gasteiger partial charge in [-0.15, -0.1) is 0 Å². The van der Waals surface area contributed by atoms with Crippen molar-refractivity contribution in [2.45, 2.75) is 12.5 Å². The van der Waals surface area contributed by atoms with E-state index in [4.69, 9.17) is 9.26 Å². The maximum absolute atomic E-state index is 14.2. The van der Waals surface area contributed by atoms with Crippen LogP contribution in [0.5, 0.6) is 5.75 Å². The molecule has 1 aliphatic heterocycles. The molecule has 5 nitrogen and oxygen atoms in total. The van der Waals surface area contributed by atoms with E-state index in [-0.39, 0.29) is 11.9 Å². The molecule has 1 aliphatic rings. The first kappa shape index (κ1) is 20.5. The predicted octanol–water partition coefficient (Wildman–Crippen LogP) is 5.30. The summed E-state index contributed by atoms with van der Waals surface area (Å²) < 4.78 is 25.8. The molecule has 1 unspecified atom stereocenters. The van der Waals surface area contributed by atoms with Crippen molar-refractivity contribution in [2.24, 2.45) is 0 Å². The Labute approximate surface area is 187 Å². The Balaban J connectivity index is 1.22. The lowest BCUT2D eigenvalue weighted by Crippen LogP contribution is -2.47. The normalized spacial score (nSPS) is 15.7. The minimum Gasteiger partial charge on any atom is -0.483 e. The second-order valence-corrected chi connectivity index (χ2v) is 8.07. The van der Waals surface area contributed by atoms with Gasteiger partial charge in [0.05, 0.1) is 5.39 Å². The first-order chi connectivity index (χ1) is 15.8. The molecular weight excluding hydrogens is 405 g/mol. The van der Waals surface area contributed by atoms with Crippen molar-refractivity contribution >= 4 is 16.8 Å². The molecule has 0 saturated carbocycles. The van der Waals surface area contributed by atoms with Crippen molar-refractivity contribution in [2.75, 3.05) is 37.6 Å². The Kier molecular flexibility index (Phi) is 6.03. The zero-order valence-electron chi connectivity index (χ0n) is 17.9. The monoisotopic (exact) mass is 431 g/mol. The van der Waals surface area contributed by atoms with E-state index < -0.39 is 0 Å². The number of anilines is 1. The van der Waals surface area contributed by atoms with Gasteiger partial charge >= 0.3 is 0 Å². The topological polar surface area (TPSA) is 41.7 Å². The van der Waals surface area contributed by atoms with Gasteiger partial charge < -0.3 is 14.2 Å². The molecule has 0 aliphatic carbocycles. The summed E-state index contributed by atoms with van der Waals surface area (Å²) in [6, 6.07) is 24.6. The molecule has 6 heteroatoms. The van der Waals surface area contributed by atoms with Gasteiger partial charge in [-0.1, -0.05) is 59.8 Å². The van der Waals surface area contributed by atoms with E-state index in [2.05, 4.69) is 21.0 Å². The van der Waals surface area contributed by atoms with E-state index >= 15 is 0 Å². The number of piperazine rings is 1. The summed E-state index contributed by atoms with van der Waals surface area (Å²) in [6.07, 6.45) is 0.580. The van der Waals surface area contributed by atoms with Gasteiger partial charge in [-0.3, -0.25) is 4.90 Å². The number of rotatable bonds is 7. The van der Waals surface area contributed by atoms with Crippen LogP contribution in [0.15, 0.2) is 83.4 Å². The average Bonchev–Trinajstić information content (AvgIpc) is 3.28. The Bertz CT molecular complexity index is 1160. The maximum Gasteiger partial charge on any atom is 0.180 e. The molecular formula is C26H26FN3O2. The number of hydrogen-bond donors (Lipinski definition) is 0. The molecule has 32 heavy (non-hydrogen) atoms. The summed E-state index contributed by atoms with van der Waals surface area (Å²) in [7, 11) is 0. The largest absolute Gasteiger partial charge is 0.483 e. The highest BCUT2D eigenvalue weighted by molar-refractivity contribution is 5.88. The fourth-order valence-corrected chi connectivity index (χ4v) is 4.24. The van der Waals surface area contributed by atoms with Crippen LogP contribution in [-0.4, -0.2) is 42.8 Å². The van der Waals surface area contributed by atoms with Crippen LogP contribution in [0.25, 0.3) is 11.0 Å². The number of para-hydroxylation sites is 2. The molecule has 0 amide bonds. The van der Waals surface area contributed by atoms with E-state index in [1.807, 2.05) is 48.5 Å². The second-order valence-electron chi connectivity index (χ2n) is 8.07. The summed E-state index contributed by atoms with van der Waals surface area (Å²) in [4.78, 5) is 4.71. The fraction of sp³-hybridized carbons (Fsp3) is 0.269. The number of fused-ring (bicyclic) bond motifs is 1. The third-order valence-corrected chi connectivity index (χ3v) is 6.02. The van der Waals surface area contributed by atoms with E-state index in [0.29, 0.717) is 5.75 Å². The van der Waals surface area contributed by atoms with Crippen LogP contribution in [0.4, 0.5) is 10.2 Å². The van der Waals surface area contributed by atoms with Gasteiger partial charge in [0, 0.05) is 39.1 Å². The Morgan fingerprint density at radius 1 is 0.875 bits per heavy atom. The van der Waals surface area contributed by atoms with Gasteiger partial charge in [0.1, 0.15) is 6.10 Å². The van der Waals surface area contributed by atoms with Crippen LogP contribution in [0.1, 0.15) is 18.1 Å². The molecule has 1 atom stereocenters. The fourth-order valence-electron chi connectivity index (χ4n) is 4.24. The molecule has 1 saturated heterocycles. The van der Waals surface area contributed by atoms with Gasteiger partial charge in [-0.2, -0.15) is 0 Å². The van der Waals surface area contributed by atoms with Gasteiger partial charge in [0.2, 0.25) is 0 Å². The minimum atomic E-state index is -0.332. The van der Waals surface area contributed by atoms with Gasteiger partial charge in [0.25, 0.3) is 0 Å². The summed E-state index contributed by atoms with van der Waals surface area (Å²) in [6.45, 7) is 4.52. The molecule has 0 spiro atoms. The van der Waals surface area contributed by atoms with E-state index in [9.17, 15) is 4.39 Å². The molecule has 1 aromatic heterocycles. The van der Waals surface area contributed by atoms with Crippen LogP contribution in [-0.2, 0) is 0 Å². The summed E-state index contributed by atoms with van der Waals surface area (Å²) in [5.41, 5.74) is 1.88. The van der Waals surface area contributed by atoms with Gasteiger partial charge in [0.15, 0.2) is 23.0 Å². The van der Waals surface area contributed by atoms with E-state index in [1.54, 1.807) is 18.2 Å². The smallest absolute Gasteiger partial charge is 0.180 e. The third kappa shape index (κ3) is 4.46. The number of hydrogen-bond acceptors (Lipinski definition) is 5. The molecule has 0 radical (unpaired) electrons. The van der Waals surface area contributed by atoms with Crippen LogP contribution < -0.4 is 9.64 Å². The highest BCUT2D eigenvalue weighted by Gasteiger charge is 2.23. The first-order valence-electron chi connectivity index (χ1n) is 11.1. The minimum absolute atomic E-state index is 0.203. The average molecular weight is 432 g/mol. The predicted molar refractivity (Wildman–Crippen MR) is 123 cm³/mol. The lowest BCUT2D eigenvalue weighted by molar-refractivity contribution is 0.154. The van der Waals surface area contributed by atoms with Gasteiger partial charge in [-0.25, -0.2) is 4.39 Å². The summed E-state index contributed by atoms with van der Waals surface area (Å²) >= 11 is 0. The zero-order chi connectivity index (χ0) is 21.8. The van der Waals surface area contributed by atoms with Crippen LogP contribution >= 0.6 is 0 Å². The highest BCUT2D eigenvalue weighted by atomic mass is 19.1. The molecule has 3 aromatic carbocycles. The van der Waals surface area contributed by atoms with Crippen LogP contribution in [0.3, 0.4) is 0 Å². The number of halogens is 1. The maximum atomic E-state index is 14.2. The Morgan fingerprint density at radius 2 is 1.59 bits per heavy atom. The zero-order valence-corrected chi connectivity index (χ0v) is 17.9. The van der Waals surface area contributed by atoms with Crippen molar-refractivity contribution in [1.29, 1.82) is 0 Å². The number of benzene rings is 3. The molecule has 4 aromatic rings. The highest BCUT2D eigenvalue weighted by Crippen LogP contribution is 2.29. The first-order valence-corrected chi connectivity index (χ1v) is 11.1. The van der Waals surface area contributed by atoms with Crippen molar-refractivity contribution < 1.29 is 13.7 Å². The van der Waals surface area contributed by atoms with Crippen molar-refractivity contribution in [3.05, 3.63) is 90.2 Å². The summed E-state index contributed by atoms with van der Waals surface area (Å²) in [5, 5.41) is 5.35. The molecule has 1 fully saturated rings. The van der Waals surface area contributed by atoms with Crippen molar-refractivity contribution in [3.8, 4) is 5.75 Å². The van der Waals surface area contributed by atoms with Gasteiger partial charge in [-0.05, 0) is 29.8 Å². The molecule has 2 heterocycles. The van der Waals surface area contributed by atoms with Crippen molar-refractivity contribution in [3.63, 3.8) is 0 Å². The van der Waals surface area contributed by atoms with Crippen molar-refractivity contribution in [1.82, 2.24) is 10.1 Å². The summed E-state index contributed by atoms with van der Waals surface area (Å²) in [5.74, 6) is 0.885. The van der Waals surface area contributed by atoms with E-state index in [1.165, 1.54) is 6.07 Å². The Hall–Kier alpha value is -3.38. The lowest BCUT2D eigenvalue weighted by Gasteiger charge is -2.35. The molecule has 164 valence electrons. The van der Waals surface area contributed by atoms with Crippen LogP contribution in [0.2, 0.25) is 0 Å². The second kappa shape index (κ2) is 9.40. The SMILES string of the molecule is Fc1ccccc1OC(CCN1CCN(c2noc3ccccc23)CC1)c1ccccc1. The number of nitrogens with zero attached hydrogens (tertiary/aromatic N) is 3. The van der Waals surface area contributed by atoms with E-state index in [0.717, 1.165) is 61.5 Å². The standard InChI is InChI=1S/C26H26FN3O2/c27-22-11-5-7-13-25(22)31-23(20-8-2-1-3-9-20)14-15-29-16-18-30(19-17-29)26-21-10-4-6-12-24(21)32-28-26/h1-13,23H,14-19H2. The Morgan fingerprint density at radius 3 is 2.41 bits per heavy atom. The molecule has 5 rings (SSSR count). The van der Waals surface area contributed by atoms with Crippen LogP contribution in [0, 0.1) is 5.82 Å². The third-order valence-electron chi connectivity index (χ3n) is 6.02. The molecule has 0 bridgehead atoms. The number of ether oxygens (including phenoxy) is 1. The number of aromatic nitrogens is 1.